The third kappa shape index (κ3) is 2.45. The standard InChI is InChI=1S/C15H29NO2/c1-10-7-16(8-11(10)2)9-12-13(17)15(5,6)18-14(12,3)4/h10-13,17H,7-9H2,1-6H3. The maximum absolute atomic E-state index is 10.5. The lowest BCUT2D eigenvalue weighted by Gasteiger charge is -2.30. The number of hydrogen-bond donors (Lipinski definition) is 1. The summed E-state index contributed by atoms with van der Waals surface area (Å²) >= 11 is 0. The first-order valence-electron chi connectivity index (χ1n) is 7.24. The average Bonchev–Trinajstić information content (AvgIpc) is 2.58. The van der Waals surface area contributed by atoms with Crippen LogP contribution in [0.5, 0.6) is 0 Å². The van der Waals surface area contributed by atoms with E-state index in [-0.39, 0.29) is 17.6 Å². The van der Waals surface area contributed by atoms with Crippen LogP contribution in [0.3, 0.4) is 0 Å². The van der Waals surface area contributed by atoms with Crippen LogP contribution in [-0.2, 0) is 4.74 Å². The lowest BCUT2D eigenvalue weighted by molar-refractivity contribution is -0.0912. The summed E-state index contributed by atoms with van der Waals surface area (Å²) in [6.07, 6.45) is -0.376. The van der Waals surface area contributed by atoms with E-state index < -0.39 is 5.60 Å². The van der Waals surface area contributed by atoms with E-state index in [4.69, 9.17) is 4.74 Å². The van der Waals surface area contributed by atoms with Crippen molar-refractivity contribution in [1.82, 2.24) is 4.90 Å². The molecule has 1 N–H and O–H groups in total. The Balaban J connectivity index is 2.05. The van der Waals surface area contributed by atoms with Crippen molar-refractivity contribution >= 4 is 0 Å². The van der Waals surface area contributed by atoms with Gasteiger partial charge in [0.2, 0.25) is 0 Å². The van der Waals surface area contributed by atoms with Gasteiger partial charge in [-0.15, -0.1) is 0 Å². The van der Waals surface area contributed by atoms with Crippen molar-refractivity contribution in [3.05, 3.63) is 0 Å². The predicted octanol–water partition coefficient (Wildman–Crippen LogP) is 2.14. The number of likely N-dealkylation sites (tertiary alicyclic amines) is 1. The maximum Gasteiger partial charge on any atom is 0.0896 e. The fraction of sp³-hybridized carbons (Fsp3) is 1.00. The Morgan fingerprint density at radius 1 is 1.06 bits per heavy atom. The van der Waals surface area contributed by atoms with Crippen LogP contribution >= 0.6 is 0 Å². The van der Waals surface area contributed by atoms with Crippen LogP contribution in [0, 0.1) is 17.8 Å². The highest BCUT2D eigenvalue weighted by Crippen LogP contribution is 2.43. The fourth-order valence-electron chi connectivity index (χ4n) is 3.67. The van der Waals surface area contributed by atoms with E-state index in [0.29, 0.717) is 0 Å². The van der Waals surface area contributed by atoms with Gasteiger partial charge in [-0.3, -0.25) is 0 Å². The molecule has 0 aliphatic carbocycles. The zero-order chi connectivity index (χ0) is 13.7. The zero-order valence-corrected chi connectivity index (χ0v) is 12.7. The molecule has 0 aromatic heterocycles. The van der Waals surface area contributed by atoms with Gasteiger partial charge in [0.1, 0.15) is 0 Å². The van der Waals surface area contributed by atoms with Gasteiger partial charge in [-0.2, -0.15) is 0 Å². The van der Waals surface area contributed by atoms with Gasteiger partial charge in [0.25, 0.3) is 0 Å². The molecule has 4 unspecified atom stereocenters. The largest absolute Gasteiger partial charge is 0.390 e. The van der Waals surface area contributed by atoms with Crippen molar-refractivity contribution in [1.29, 1.82) is 0 Å². The quantitative estimate of drug-likeness (QED) is 0.820. The lowest BCUT2D eigenvalue weighted by Crippen LogP contribution is -2.42. The molecule has 0 aromatic rings. The summed E-state index contributed by atoms with van der Waals surface area (Å²) in [4.78, 5) is 2.50. The lowest BCUT2D eigenvalue weighted by atomic mass is 9.84. The molecule has 2 heterocycles. The number of rotatable bonds is 2. The van der Waals surface area contributed by atoms with Gasteiger partial charge in [0.05, 0.1) is 17.3 Å². The molecule has 0 saturated carbocycles. The highest BCUT2D eigenvalue weighted by molar-refractivity contribution is 5.02. The van der Waals surface area contributed by atoms with Gasteiger partial charge in [-0.1, -0.05) is 13.8 Å². The number of hydrogen-bond acceptors (Lipinski definition) is 3. The molecule has 0 spiro atoms. The van der Waals surface area contributed by atoms with E-state index in [1.807, 2.05) is 13.8 Å². The topological polar surface area (TPSA) is 32.7 Å². The summed E-state index contributed by atoms with van der Waals surface area (Å²) in [6, 6.07) is 0. The molecule has 0 radical (unpaired) electrons. The molecule has 2 aliphatic heterocycles. The smallest absolute Gasteiger partial charge is 0.0896 e. The summed E-state index contributed by atoms with van der Waals surface area (Å²) < 4.78 is 6.05. The molecular formula is C15H29NO2. The maximum atomic E-state index is 10.5. The first-order chi connectivity index (χ1) is 8.13. The third-order valence-electron chi connectivity index (χ3n) is 5.03. The highest BCUT2D eigenvalue weighted by atomic mass is 16.5. The van der Waals surface area contributed by atoms with E-state index in [0.717, 1.165) is 31.5 Å². The number of nitrogens with zero attached hydrogens (tertiary/aromatic N) is 1. The van der Waals surface area contributed by atoms with Crippen LogP contribution in [0.15, 0.2) is 0 Å². The Morgan fingerprint density at radius 2 is 1.56 bits per heavy atom. The summed E-state index contributed by atoms with van der Waals surface area (Å²) in [5.74, 6) is 1.73. The molecular weight excluding hydrogens is 226 g/mol. The molecule has 0 aromatic carbocycles. The van der Waals surface area contributed by atoms with Crippen molar-refractivity contribution in [3.8, 4) is 0 Å². The van der Waals surface area contributed by atoms with Crippen molar-refractivity contribution < 1.29 is 9.84 Å². The minimum atomic E-state index is -0.425. The van der Waals surface area contributed by atoms with E-state index in [1.165, 1.54) is 0 Å². The van der Waals surface area contributed by atoms with Crippen molar-refractivity contribution in [2.24, 2.45) is 17.8 Å². The van der Waals surface area contributed by atoms with Crippen molar-refractivity contribution in [2.75, 3.05) is 19.6 Å². The summed E-state index contributed by atoms with van der Waals surface area (Å²) in [5, 5.41) is 10.5. The first kappa shape index (κ1) is 14.3. The number of aliphatic hydroxyl groups excluding tert-OH is 1. The molecule has 4 atom stereocenters. The van der Waals surface area contributed by atoms with E-state index in [1.54, 1.807) is 0 Å². The summed E-state index contributed by atoms with van der Waals surface area (Å²) in [5.41, 5.74) is -0.664. The van der Waals surface area contributed by atoms with Gasteiger partial charge in [0.15, 0.2) is 0 Å². The molecule has 3 nitrogen and oxygen atoms in total. The van der Waals surface area contributed by atoms with Gasteiger partial charge in [-0.05, 0) is 39.5 Å². The highest BCUT2D eigenvalue weighted by Gasteiger charge is 2.53. The zero-order valence-electron chi connectivity index (χ0n) is 12.7. The molecule has 2 saturated heterocycles. The van der Waals surface area contributed by atoms with Gasteiger partial charge in [-0.25, -0.2) is 0 Å². The minimum absolute atomic E-state index is 0.199. The van der Waals surface area contributed by atoms with Gasteiger partial charge >= 0.3 is 0 Å². The Hall–Kier alpha value is -0.120. The molecule has 2 aliphatic rings. The fourth-order valence-corrected chi connectivity index (χ4v) is 3.67. The molecule has 106 valence electrons. The molecule has 0 bridgehead atoms. The van der Waals surface area contributed by atoms with E-state index >= 15 is 0 Å². The van der Waals surface area contributed by atoms with Gasteiger partial charge < -0.3 is 14.7 Å². The van der Waals surface area contributed by atoms with Crippen LogP contribution in [0.1, 0.15) is 41.5 Å². The van der Waals surface area contributed by atoms with Crippen LogP contribution in [0.4, 0.5) is 0 Å². The second kappa shape index (κ2) is 4.46. The Kier molecular flexibility index (Phi) is 3.54. The van der Waals surface area contributed by atoms with E-state index in [2.05, 4.69) is 32.6 Å². The molecule has 0 amide bonds. The molecule has 3 heteroatoms. The summed E-state index contributed by atoms with van der Waals surface area (Å²) in [7, 11) is 0. The van der Waals surface area contributed by atoms with Crippen molar-refractivity contribution in [3.63, 3.8) is 0 Å². The van der Waals surface area contributed by atoms with Crippen LogP contribution in [0.2, 0.25) is 0 Å². The second-order valence-electron chi connectivity index (χ2n) is 7.53. The van der Waals surface area contributed by atoms with Crippen LogP contribution < -0.4 is 0 Å². The monoisotopic (exact) mass is 255 g/mol. The predicted molar refractivity (Wildman–Crippen MR) is 73.5 cm³/mol. The van der Waals surface area contributed by atoms with Crippen LogP contribution in [0.25, 0.3) is 0 Å². The third-order valence-corrected chi connectivity index (χ3v) is 5.03. The summed E-state index contributed by atoms with van der Waals surface area (Å²) in [6.45, 7) is 16.1. The van der Waals surface area contributed by atoms with Crippen molar-refractivity contribution in [2.45, 2.75) is 58.8 Å². The van der Waals surface area contributed by atoms with Crippen LogP contribution in [-0.4, -0.2) is 46.9 Å². The number of ether oxygens (including phenoxy) is 1. The molecule has 18 heavy (non-hydrogen) atoms. The second-order valence-corrected chi connectivity index (χ2v) is 7.53. The normalized spacial score (nSPS) is 43.5. The molecule has 2 rings (SSSR count). The number of aliphatic hydroxyl groups is 1. The average molecular weight is 255 g/mol. The van der Waals surface area contributed by atoms with E-state index in [9.17, 15) is 5.11 Å². The molecule has 2 fully saturated rings. The Labute approximate surface area is 112 Å². The Bertz CT molecular complexity index is 304. The Morgan fingerprint density at radius 3 is 1.94 bits per heavy atom. The van der Waals surface area contributed by atoms with Gasteiger partial charge in [0, 0.05) is 25.6 Å². The SMILES string of the molecule is CC1CN(CC2C(O)C(C)(C)OC2(C)C)CC1C. The first-order valence-corrected chi connectivity index (χ1v) is 7.24. The minimum Gasteiger partial charge on any atom is -0.390 e.